The molecule has 7 heteroatoms. The third kappa shape index (κ3) is 3.43. The number of ether oxygens (including phenoxy) is 1. The molecule has 20 heavy (non-hydrogen) atoms. The van der Waals surface area contributed by atoms with E-state index in [-0.39, 0.29) is 17.3 Å². The zero-order valence-corrected chi connectivity index (χ0v) is 11.4. The lowest BCUT2D eigenvalue weighted by molar-refractivity contribution is -0.385. The topological polar surface area (TPSA) is 77.3 Å². The van der Waals surface area contributed by atoms with Gasteiger partial charge in [0, 0.05) is 36.0 Å². The molecule has 1 aromatic carbocycles. The van der Waals surface area contributed by atoms with Gasteiger partial charge in [0.2, 0.25) is 11.6 Å². The molecule has 0 spiro atoms. The number of hydrogen-bond acceptors (Lipinski definition) is 5. The number of nitro groups is 1. The van der Waals surface area contributed by atoms with Crippen molar-refractivity contribution >= 4 is 17.3 Å². The number of nitrogens with one attached hydrogen (secondary N) is 1. The summed E-state index contributed by atoms with van der Waals surface area (Å²) in [6.45, 7) is 0.685. The second-order valence-electron chi connectivity index (χ2n) is 4.01. The van der Waals surface area contributed by atoms with Gasteiger partial charge in [0.1, 0.15) is 0 Å². The Morgan fingerprint density at radius 1 is 1.40 bits per heavy atom. The first-order valence-corrected chi connectivity index (χ1v) is 6.19. The lowest BCUT2D eigenvalue weighted by Gasteiger charge is -2.06. The average Bonchev–Trinajstić information content (AvgIpc) is 2.41. The Morgan fingerprint density at radius 3 is 2.80 bits per heavy atom. The minimum Gasteiger partial charge on any atom is -0.432 e. The molecule has 0 radical (unpaired) electrons. The summed E-state index contributed by atoms with van der Waals surface area (Å²) in [6, 6.07) is 7.61. The Bertz CT molecular complexity index is 617. The highest BCUT2D eigenvalue weighted by Gasteiger charge is 2.16. The van der Waals surface area contributed by atoms with Gasteiger partial charge in [0.15, 0.2) is 0 Å². The maximum atomic E-state index is 10.9. The number of benzene rings is 1. The fraction of sp³-hybridized carbons (Fsp3) is 0.154. The van der Waals surface area contributed by atoms with E-state index < -0.39 is 4.92 Å². The van der Waals surface area contributed by atoms with Gasteiger partial charge in [0.05, 0.1) is 4.92 Å². The van der Waals surface area contributed by atoms with Crippen LogP contribution in [0.2, 0.25) is 5.02 Å². The number of nitrogens with zero attached hydrogens (tertiary/aromatic N) is 2. The fourth-order valence-corrected chi connectivity index (χ4v) is 1.78. The highest BCUT2D eigenvalue weighted by atomic mass is 35.5. The van der Waals surface area contributed by atoms with Crippen molar-refractivity contribution in [2.24, 2.45) is 0 Å². The normalized spacial score (nSPS) is 10.3. The van der Waals surface area contributed by atoms with Crippen LogP contribution in [0.1, 0.15) is 5.56 Å². The lowest BCUT2D eigenvalue weighted by Crippen LogP contribution is -2.05. The summed E-state index contributed by atoms with van der Waals surface area (Å²) in [5, 5.41) is 14.3. The van der Waals surface area contributed by atoms with Gasteiger partial charge in [-0.15, -0.1) is 0 Å². The van der Waals surface area contributed by atoms with Crippen LogP contribution in [0.3, 0.4) is 0 Å². The summed E-state index contributed by atoms with van der Waals surface area (Å²) in [5.74, 6) is 0.339. The van der Waals surface area contributed by atoms with Crippen molar-refractivity contribution in [3.8, 4) is 11.6 Å². The molecular formula is C13H12ClN3O3. The van der Waals surface area contributed by atoms with Gasteiger partial charge in [0.25, 0.3) is 0 Å². The Kier molecular flexibility index (Phi) is 4.49. The van der Waals surface area contributed by atoms with Crippen LogP contribution in [0, 0.1) is 10.1 Å². The van der Waals surface area contributed by atoms with E-state index in [9.17, 15) is 10.1 Å². The van der Waals surface area contributed by atoms with Gasteiger partial charge in [-0.05, 0) is 18.7 Å². The van der Waals surface area contributed by atoms with Gasteiger partial charge in [-0.25, -0.2) is 4.98 Å². The number of rotatable bonds is 5. The Labute approximate surface area is 120 Å². The highest BCUT2D eigenvalue weighted by Crippen LogP contribution is 2.32. The first kappa shape index (κ1) is 14.2. The SMILES string of the molecule is CNCc1ccc(Oc2cc(Cl)ccc2[N+](=O)[O-])nc1. The molecule has 1 heterocycles. The van der Waals surface area contributed by atoms with Crippen molar-refractivity contribution in [2.45, 2.75) is 6.54 Å². The summed E-state index contributed by atoms with van der Waals surface area (Å²) in [5.41, 5.74) is 0.830. The van der Waals surface area contributed by atoms with Crippen LogP contribution in [0.5, 0.6) is 11.6 Å². The summed E-state index contributed by atoms with van der Waals surface area (Å²) < 4.78 is 5.43. The molecule has 1 aromatic heterocycles. The average molecular weight is 294 g/mol. The van der Waals surface area contributed by atoms with E-state index in [0.717, 1.165) is 5.56 Å². The number of nitro benzene ring substituents is 1. The minimum absolute atomic E-state index is 0.0661. The summed E-state index contributed by atoms with van der Waals surface area (Å²) >= 11 is 5.82. The van der Waals surface area contributed by atoms with Crippen LogP contribution in [0.4, 0.5) is 5.69 Å². The molecule has 0 fully saturated rings. The van der Waals surface area contributed by atoms with Gasteiger partial charge in [-0.2, -0.15) is 0 Å². The predicted octanol–water partition coefficient (Wildman–Crippen LogP) is 3.15. The second-order valence-corrected chi connectivity index (χ2v) is 4.44. The third-order valence-electron chi connectivity index (χ3n) is 2.51. The minimum atomic E-state index is -0.527. The van der Waals surface area contributed by atoms with Crippen LogP contribution in [0.25, 0.3) is 0 Å². The monoisotopic (exact) mass is 293 g/mol. The van der Waals surface area contributed by atoms with Crippen LogP contribution >= 0.6 is 11.6 Å². The second kappa shape index (κ2) is 6.31. The van der Waals surface area contributed by atoms with Crippen molar-refractivity contribution in [3.05, 3.63) is 57.2 Å². The first-order chi connectivity index (χ1) is 9.60. The molecule has 1 N–H and O–H groups in total. The molecule has 0 unspecified atom stereocenters. The summed E-state index contributed by atoms with van der Waals surface area (Å²) in [6.07, 6.45) is 1.64. The quantitative estimate of drug-likeness (QED) is 0.677. The zero-order valence-electron chi connectivity index (χ0n) is 10.7. The number of pyridine rings is 1. The predicted molar refractivity (Wildman–Crippen MR) is 75.2 cm³/mol. The standard InChI is InChI=1S/C13H12ClN3O3/c1-15-7-9-2-5-13(16-8-9)20-12-6-10(14)3-4-11(12)17(18)19/h2-6,8,15H,7H2,1H3. The molecule has 0 bridgehead atoms. The largest absolute Gasteiger partial charge is 0.432 e. The molecule has 0 aliphatic rings. The summed E-state index contributed by atoms with van der Waals surface area (Å²) in [7, 11) is 1.83. The third-order valence-corrected chi connectivity index (χ3v) is 2.75. The number of aromatic nitrogens is 1. The van der Waals surface area contributed by atoms with E-state index in [1.54, 1.807) is 12.3 Å². The number of halogens is 1. The molecule has 0 amide bonds. The molecule has 0 atom stereocenters. The van der Waals surface area contributed by atoms with E-state index >= 15 is 0 Å². The highest BCUT2D eigenvalue weighted by molar-refractivity contribution is 6.30. The molecule has 2 rings (SSSR count). The zero-order chi connectivity index (χ0) is 14.5. The van der Waals surface area contributed by atoms with Crippen LogP contribution in [-0.2, 0) is 6.54 Å². The van der Waals surface area contributed by atoms with E-state index in [4.69, 9.17) is 16.3 Å². The van der Waals surface area contributed by atoms with E-state index in [0.29, 0.717) is 11.6 Å². The van der Waals surface area contributed by atoms with Crippen LogP contribution in [-0.4, -0.2) is 17.0 Å². The number of hydrogen-bond donors (Lipinski definition) is 1. The molecular weight excluding hydrogens is 282 g/mol. The van der Waals surface area contributed by atoms with Crippen molar-refractivity contribution < 1.29 is 9.66 Å². The van der Waals surface area contributed by atoms with Crippen molar-refractivity contribution in [3.63, 3.8) is 0 Å². The summed E-state index contributed by atoms with van der Waals surface area (Å²) in [4.78, 5) is 14.5. The van der Waals surface area contributed by atoms with Crippen molar-refractivity contribution in [2.75, 3.05) is 7.05 Å². The van der Waals surface area contributed by atoms with Gasteiger partial charge >= 0.3 is 5.69 Å². The molecule has 104 valence electrons. The molecule has 0 aliphatic heterocycles. The van der Waals surface area contributed by atoms with E-state index in [1.165, 1.54) is 18.2 Å². The van der Waals surface area contributed by atoms with Crippen molar-refractivity contribution in [1.29, 1.82) is 0 Å². The molecule has 0 saturated heterocycles. The van der Waals surface area contributed by atoms with Gasteiger partial charge < -0.3 is 10.1 Å². The molecule has 6 nitrogen and oxygen atoms in total. The van der Waals surface area contributed by atoms with Crippen LogP contribution in [0.15, 0.2) is 36.5 Å². The van der Waals surface area contributed by atoms with Gasteiger partial charge in [-0.1, -0.05) is 17.7 Å². The maximum absolute atomic E-state index is 10.9. The first-order valence-electron chi connectivity index (χ1n) is 5.81. The fourth-order valence-electron chi connectivity index (χ4n) is 1.61. The molecule has 0 saturated carbocycles. The van der Waals surface area contributed by atoms with Crippen LogP contribution < -0.4 is 10.1 Å². The van der Waals surface area contributed by atoms with E-state index in [2.05, 4.69) is 10.3 Å². The van der Waals surface area contributed by atoms with Gasteiger partial charge in [-0.3, -0.25) is 10.1 Å². The Balaban J connectivity index is 2.25. The lowest BCUT2D eigenvalue weighted by atomic mass is 10.3. The smallest absolute Gasteiger partial charge is 0.311 e. The maximum Gasteiger partial charge on any atom is 0.311 e. The Hall–Kier alpha value is -2.18. The molecule has 0 aliphatic carbocycles. The van der Waals surface area contributed by atoms with E-state index in [1.807, 2.05) is 13.1 Å². The van der Waals surface area contributed by atoms with Crippen molar-refractivity contribution in [1.82, 2.24) is 10.3 Å². The Morgan fingerprint density at radius 2 is 2.20 bits per heavy atom. The molecule has 2 aromatic rings.